The Labute approximate surface area is 124 Å². The van der Waals surface area contributed by atoms with Gasteiger partial charge in [-0.1, -0.05) is 26.0 Å². The molecule has 1 fully saturated rings. The fourth-order valence-corrected chi connectivity index (χ4v) is 2.34. The molecule has 5 nitrogen and oxygen atoms in total. The van der Waals surface area contributed by atoms with E-state index >= 15 is 0 Å². The molecule has 0 aromatic heterocycles. The van der Waals surface area contributed by atoms with E-state index in [0.717, 1.165) is 11.3 Å². The summed E-state index contributed by atoms with van der Waals surface area (Å²) in [4.78, 5) is 22.7. The van der Waals surface area contributed by atoms with Gasteiger partial charge in [0.05, 0.1) is 18.9 Å². The number of carboxylic acids is 1. The summed E-state index contributed by atoms with van der Waals surface area (Å²) in [7, 11) is 1.62. The van der Waals surface area contributed by atoms with Gasteiger partial charge in [0.2, 0.25) is 5.91 Å². The predicted octanol–water partition coefficient (Wildman–Crippen LogP) is 1.81. The first-order chi connectivity index (χ1) is 9.85. The average molecular weight is 291 g/mol. The molecule has 1 aliphatic rings. The van der Waals surface area contributed by atoms with Crippen LogP contribution in [-0.4, -0.2) is 30.6 Å². The molecule has 2 unspecified atom stereocenters. The van der Waals surface area contributed by atoms with Crippen LogP contribution in [0, 0.1) is 11.8 Å². The lowest BCUT2D eigenvalue weighted by atomic mass is 9.84. The minimum absolute atomic E-state index is 0.168. The second kappa shape index (κ2) is 5.76. The van der Waals surface area contributed by atoms with Crippen LogP contribution in [0.25, 0.3) is 0 Å². The van der Waals surface area contributed by atoms with Gasteiger partial charge in [-0.15, -0.1) is 0 Å². The topological polar surface area (TPSA) is 75.6 Å². The molecule has 2 rings (SSSR count). The van der Waals surface area contributed by atoms with Crippen molar-refractivity contribution in [3.63, 3.8) is 0 Å². The molecular weight excluding hydrogens is 270 g/mol. The first-order valence-electron chi connectivity index (χ1n) is 7.00. The molecule has 2 atom stereocenters. The average Bonchev–Trinajstić information content (AvgIpc) is 3.25. The maximum absolute atomic E-state index is 11.9. The van der Waals surface area contributed by atoms with Crippen LogP contribution in [-0.2, 0) is 15.0 Å². The minimum Gasteiger partial charge on any atom is -0.497 e. The van der Waals surface area contributed by atoms with Crippen LogP contribution in [0.5, 0.6) is 5.75 Å². The normalized spacial score (nSPS) is 20.7. The Morgan fingerprint density at radius 2 is 2.10 bits per heavy atom. The van der Waals surface area contributed by atoms with Crippen molar-refractivity contribution in [2.75, 3.05) is 13.7 Å². The SMILES string of the molecule is COc1cccc(C(C)(C)CNC(=O)C2CC2C(=O)O)c1. The van der Waals surface area contributed by atoms with Crippen molar-refractivity contribution >= 4 is 11.9 Å². The molecule has 1 aliphatic carbocycles. The van der Waals surface area contributed by atoms with E-state index in [1.165, 1.54) is 0 Å². The van der Waals surface area contributed by atoms with E-state index in [4.69, 9.17) is 9.84 Å². The number of carbonyl (C=O) groups is 2. The molecule has 0 bridgehead atoms. The third kappa shape index (κ3) is 3.54. The van der Waals surface area contributed by atoms with Gasteiger partial charge >= 0.3 is 5.97 Å². The third-order valence-corrected chi connectivity index (χ3v) is 4.00. The van der Waals surface area contributed by atoms with Crippen LogP contribution in [0.15, 0.2) is 24.3 Å². The highest BCUT2D eigenvalue weighted by atomic mass is 16.5. The van der Waals surface area contributed by atoms with Gasteiger partial charge < -0.3 is 15.2 Å². The standard InChI is InChI=1S/C16H21NO4/c1-16(2,10-5-4-6-11(7-10)21-3)9-17-14(18)12-8-13(12)15(19)20/h4-7,12-13H,8-9H2,1-3H3,(H,17,18)(H,19,20). The molecule has 1 saturated carbocycles. The summed E-state index contributed by atoms with van der Waals surface area (Å²) in [5.41, 5.74) is 0.811. The second-order valence-corrected chi connectivity index (χ2v) is 6.12. The molecule has 1 aromatic rings. The van der Waals surface area contributed by atoms with Gasteiger partial charge in [0.15, 0.2) is 0 Å². The Hall–Kier alpha value is -2.04. The van der Waals surface area contributed by atoms with Gasteiger partial charge in [0.25, 0.3) is 0 Å². The first kappa shape index (κ1) is 15.4. The Balaban J connectivity index is 1.95. The number of carbonyl (C=O) groups excluding carboxylic acids is 1. The van der Waals surface area contributed by atoms with Crippen molar-refractivity contribution in [2.45, 2.75) is 25.7 Å². The van der Waals surface area contributed by atoms with Crippen molar-refractivity contribution in [3.05, 3.63) is 29.8 Å². The Morgan fingerprint density at radius 3 is 2.67 bits per heavy atom. The monoisotopic (exact) mass is 291 g/mol. The highest BCUT2D eigenvalue weighted by molar-refractivity contribution is 5.89. The molecular formula is C16H21NO4. The lowest BCUT2D eigenvalue weighted by molar-refractivity contribution is -0.140. The van der Waals surface area contributed by atoms with E-state index in [-0.39, 0.29) is 17.2 Å². The molecule has 2 N–H and O–H groups in total. The molecule has 5 heteroatoms. The third-order valence-electron chi connectivity index (χ3n) is 4.00. The fourth-order valence-electron chi connectivity index (χ4n) is 2.34. The van der Waals surface area contributed by atoms with Gasteiger partial charge in [0.1, 0.15) is 5.75 Å². The van der Waals surface area contributed by atoms with Gasteiger partial charge in [-0.3, -0.25) is 9.59 Å². The number of nitrogens with one attached hydrogen (secondary N) is 1. The number of rotatable bonds is 6. The minimum atomic E-state index is -0.887. The lowest BCUT2D eigenvalue weighted by Crippen LogP contribution is -2.37. The Morgan fingerprint density at radius 1 is 1.38 bits per heavy atom. The molecule has 0 radical (unpaired) electrons. The van der Waals surface area contributed by atoms with Gasteiger partial charge in [-0.05, 0) is 24.1 Å². The van der Waals surface area contributed by atoms with Gasteiger partial charge in [-0.25, -0.2) is 0 Å². The second-order valence-electron chi connectivity index (χ2n) is 6.12. The predicted molar refractivity (Wildman–Crippen MR) is 78.3 cm³/mol. The quantitative estimate of drug-likeness (QED) is 0.838. The van der Waals surface area contributed by atoms with E-state index in [1.54, 1.807) is 7.11 Å². The van der Waals surface area contributed by atoms with Crippen molar-refractivity contribution in [3.8, 4) is 5.75 Å². The summed E-state index contributed by atoms with van der Waals surface area (Å²) in [5.74, 6) is -1.16. The number of methoxy groups -OCH3 is 1. The molecule has 0 spiro atoms. The highest BCUT2D eigenvalue weighted by Gasteiger charge is 2.48. The van der Waals surface area contributed by atoms with Crippen LogP contribution < -0.4 is 10.1 Å². The van der Waals surface area contributed by atoms with Crippen LogP contribution in [0.1, 0.15) is 25.8 Å². The summed E-state index contributed by atoms with van der Waals surface area (Å²) >= 11 is 0. The molecule has 1 amide bonds. The summed E-state index contributed by atoms with van der Waals surface area (Å²) in [5, 5.41) is 11.7. The van der Waals surface area contributed by atoms with Gasteiger partial charge in [0, 0.05) is 12.0 Å². The zero-order chi connectivity index (χ0) is 15.6. The number of ether oxygens (including phenoxy) is 1. The smallest absolute Gasteiger partial charge is 0.307 e. The Bertz CT molecular complexity index is 553. The van der Waals surface area contributed by atoms with Crippen LogP contribution in [0.4, 0.5) is 0 Å². The van der Waals surface area contributed by atoms with Crippen molar-refractivity contribution in [1.82, 2.24) is 5.32 Å². The largest absolute Gasteiger partial charge is 0.497 e. The fraction of sp³-hybridized carbons (Fsp3) is 0.500. The van der Waals surface area contributed by atoms with E-state index in [0.29, 0.717) is 13.0 Å². The molecule has 1 aromatic carbocycles. The molecule has 21 heavy (non-hydrogen) atoms. The van der Waals surface area contributed by atoms with E-state index in [2.05, 4.69) is 5.32 Å². The van der Waals surface area contributed by atoms with Crippen LogP contribution >= 0.6 is 0 Å². The number of amides is 1. The van der Waals surface area contributed by atoms with Crippen molar-refractivity contribution in [1.29, 1.82) is 0 Å². The van der Waals surface area contributed by atoms with Crippen LogP contribution in [0.3, 0.4) is 0 Å². The van der Waals surface area contributed by atoms with E-state index in [9.17, 15) is 9.59 Å². The lowest BCUT2D eigenvalue weighted by Gasteiger charge is -2.26. The maximum Gasteiger partial charge on any atom is 0.307 e. The zero-order valence-electron chi connectivity index (χ0n) is 12.6. The summed E-state index contributed by atoms with van der Waals surface area (Å²) in [6, 6.07) is 7.73. The number of hydrogen-bond donors (Lipinski definition) is 2. The number of aliphatic carboxylic acids is 1. The van der Waals surface area contributed by atoms with E-state index < -0.39 is 11.9 Å². The molecule has 114 valence electrons. The number of carboxylic acid groups (broad SMARTS) is 1. The molecule has 0 saturated heterocycles. The zero-order valence-corrected chi connectivity index (χ0v) is 12.6. The van der Waals surface area contributed by atoms with Gasteiger partial charge in [-0.2, -0.15) is 0 Å². The van der Waals surface area contributed by atoms with Crippen molar-refractivity contribution in [2.24, 2.45) is 11.8 Å². The summed E-state index contributed by atoms with van der Waals surface area (Å²) < 4.78 is 5.21. The number of benzene rings is 1. The summed E-state index contributed by atoms with van der Waals surface area (Å²) in [6.45, 7) is 4.52. The highest BCUT2D eigenvalue weighted by Crippen LogP contribution is 2.38. The molecule has 0 heterocycles. The maximum atomic E-state index is 11.9. The van der Waals surface area contributed by atoms with E-state index in [1.807, 2.05) is 38.1 Å². The number of hydrogen-bond acceptors (Lipinski definition) is 3. The first-order valence-corrected chi connectivity index (χ1v) is 7.00. The Kier molecular flexibility index (Phi) is 4.21. The molecule has 0 aliphatic heterocycles. The summed E-state index contributed by atoms with van der Waals surface area (Å²) in [6.07, 6.45) is 0.445. The van der Waals surface area contributed by atoms with Crippen molar-refractivity contribution < 1.29 is 19.4 Å². The van der Waals surface area contributed by atoms with Crippen LogP contribution in [0.2, 0.25) is 0 Å².